The second-order valence-electron chi connectivity index (χ2n) is 4.13. The number of nitrogens with two attached hydrogens (primary N) is 1. The molecule has 2 N–H and O–H groups in total. The summed E-state index contributed by atoms with van der Waals surface area (Å²) < 4.78 is 31.6. The Bertz CT molecular complexity index is 354. The molecule has 0 saturated carbocycles. The highest BCUT2D eigenvalue weighted by Crippen LogP contribution is 2.20. The maximum atomic E-state index is 13.2. The number of hydrogen-bond acceptors (Lipinski definition) is 3. The summed E-state index contributed by atoms with van der Waals surface area (Å²) in [5.41, 5.74) is 6.23. The molecule has 1 aromatic rings. The van der Waals surface area contributed by atoms with Crippen LogP contribution in [0.15, 0.2) is 18.2 Å². The minimum absolute atomic E-state index is 0.212. The fraction of sp³-hybridized carbons (Fsp3) is 0.538. The van der Waals surface area contributed by atoms with Gasteiger partial charge in [0.05, 0.1) is 6.61 Å². The first-order chi connectivity index (χ1) is 8.58. The van der Waals surface area contributed by atoms with Crippen molar-refractivity contribution in [1.29, 1.82) is 0 Å². The van der Waals surface area contributed by atoms with E-state index in [-0.39, 0.29) is 6.04 Å². The van der Waals surface area contributed by atoms with Crippen LogP contribution in [-0.2, 0) is 4.74 Å². The van der Waals surface area contributed by atoms with E-state index in [0.717, 1.165) is 6.07 Å². The summed E-state index contributed by atoms with van der Waals surface area (Å²) in [6, 6.07) is 3.28. The fourth-order valence-electron chi connectivity index (χ4n) is 1.85. The minimum Gasteiger partial charge on any atom is -0.380 e. The lowest BCUT2D eigenvalue weighted by atomic mass is 10.1. The van der Waals surface area contributed by atoms with Crippen molar-refractivity contribution in [2.45, 2.75) is 13.0 Å². The first kappa shape index (κ1) is 15.0. The van der Waals surface area contributed by atoms with E-state index in [1.54, 1.807) is 0 Å². The lowest BCUT2D eigenvalue weighted by Crippen LogP contribution is -2.33. The summed E-state index contributed by atoms with van der Waals surface area (Å²) in [5.74, 6) is -1.16. The van der Waals surface area contributed by atoms with Crippen molar-refractivity contribution >= 4 is 0 Å². The highest BCUT2D eigenvalue weighted by atomic mass is 19.1. The molecule has 102 valence electrons. The molecule has 0 bridgehead atoms. The van der Waals surface area contributed by atoms with Crippen LogP contribution in [0.25, 0.3) is 0 Å². The molecular formula is C13H20F2N2O. The number of halogens is 2. The van der Waals surface area contributed by atoms with E-state index in [1.807, 2.05) is 18.9 Å². The van der Waals surface area contributed by atoms with E-state index in [0.29, 0.717) is 31.9 Å². The third kappa shape index (κ3) is 4.33. The van der Waals surface area contributed by atoms with Crippen LogP contribution in [-0.4, -0.2) is 38.3 Å². The second kappa shape index (κ2) is 7.41. The maximum absolute atomic E-state index is 13.2. The Balaban J connectivity index is 2.74. The monoisotopic (exact) mass is 258 g/mol. The van der Waals surface area contributed by atoms with Crippen LogP contribution in [0.1, 0.15) is 18.5 Å². The molecular weight excluding hydrogens is 238 g/mol. The molecule has 1 rings (SSSR count). The van der Waals surface area contributed by atoms with Crippen molar-refractivity contribution in [1.82, 2.24) is 4.90 Å². The number of benzene rings is 1. The van der Waals surface area contributed by atoms with Gasteiger partial charge in [-0.3, -0.25) is 4.90 Å². The first-order valence-corrected chi connectivity index (χ1v) is 6.02. The number of ether oxygens (including phenoxy) is 1. The average Bonchev–Trinajstić information content (AvgIpc) is 2.29. The van der Waals surface area contributed by atoms with E-state index in [9.17, 15) is 8.78 Å². The van der Waals surface area contributed by atoms with Gasteiger partial charge in [0.25, 0.3) is 0 Å². The molecule has 0 amide bonds. The Hall–Kier alpha value is -1.04. The van der Waals surface area contributed by atoms with Crippen LogP contribution in [0.2, 0.25) is 0 Å². The van der Waals surface area contributed by atoms with E-state index < -0.39 is 11.6 Å². The molecule has 3 nitrogen and oxygen atoms in total. The van der Waals surface area contributed by atoms with Crippen molar-refractivity contribution in [3.8, 4) is 0 Å². The fourth-order valence-corrected chi connectivity index (χ4v) is 1.85. The van der Waals surface area contributed by atoms with Gasteiger partial charge in [0.2, 0.25) is 0 Å². The Morgan fingerprint density at radius 1 is 1.28 bits per heavy atom. The van der Waals surface area contributed by atoms with Gasteiger partial charge in [-0.1, -0.05) is 0 Å². The molecule has 0 saturated heterocycles. The summed E-state index contributed by atoms with van der Waals surface area (Å²) in [7, 11) is 1.86. The van der Waals surface area contributed by atoms with Gasteiger partial charge in [0.1, 0.15) is 11.6 Å². The molecule has 0 fully saturated rings. The predicted octanol–water partition coefficient (Wildman–Crippen LogP) is 1.93. The van der Waals surface area contributed by atoms with Crippen LogP contribution in [0.4, 0.5) is 8.78 Å². The Kier molecular flexibility index (Phi) is 6.18. The van der Waals surface area contributed by atoms with Crippen LogP contribution < -0.4 is 5.73 Å². The molecule has 0 aliphatic carbocycles. The van der Waals surface area contributed by atoms with Gasteiger partial charge in [-0.25, -0.2) is 8.78 Å². The Morgan fingerprint density at radius 2 is 1.89 bits per heavy atom. The predicted molar refractivity (Wildman–Crippen MR) is 67.3 cm³/mol. The molecule has 0 aliphatic heterocycles. The summed E-state index contributed by atoms with van der Waals surface area (Å²) in [4.78, 5) is 1.93. The summed E-state index contributed by atoms with van der Waals surface area (Å²) in [6.07, 6.45) is 0. The van der Waals surface area contributed by atoms with Gasteiger partial charge in [0.15, 0.2) is 0 Å². The van der Waals surface area contributed by atoms with Crippen molar-refractivity contribution in [2.24, 2.45) is 5.73 Å². The normalized spacial score (nSPS) is 13.0. The SMILES string of the molecule is CCOCCN(C)C(CN)c1cc(F)cc(F)c1. The lowest BCUT2D eigenvalue weighted by Gasteiger charge is -2.27. The average molecular weight is 258 g/mol. The van der Waals surface area contributed by atoms with Crippen molar-refractivity contribution in [3.63, 3.8) is 0 Å². The molecule has 18 heavy (non-hydrogen) atoms. The second-order valence-corrected chi connectivity index (χ2v) is 4.13. The molecule has 1 unspecified atom stereocenters. The topological polar surface area (TPSA) is 38.5 Å². The van der Waals surface area contributed by atoms with Crippen molar-refractivity contribution < 1.29 is 13.5 Å². The van der Waals surface area contributed by atoms with Crippen LogP contribution >= 0.6 is 0 Å². The van der Waals surface area contributed by atoms with Crippen molar-refractivity contribution in [3.05, 3.63) is 35.4 Å². The lowest BCUT2D eigenvalue weighted by molar-refractivity contribution is 0.108. The third-order valence-electron chi connectivity index (χ3n) is 2.82. The van der Waals surface area contributed by atoms with Crippen LogP contribution in [0.5, 0.6) is 0 Å². The number of hydrogen-bond donors (Lipinski definition) is 1. The molecule has 0 spiro atoms. The number of likely N-dealkylation sites (N-methyl/N-ethyl adjacent to an activating group) is 1. The van der Waals surface area contributed by atoms with E-state index in [1.165, 1.54) is 12.1 Å². The molecule has 1 aromatic carbocycles. The highest BCUT2D eigenvalue weighted by Gasteiger charge is 2.16. The van der Waals surface area contributed by atoms with E-state index >= 15 is 0 Å². The van der Waals surface area contributed by atoms with Gasteiger partial charge < -0.3 is 10.5 Å². The number of nitrogens with zero attached hydrogens (tertiary/aromatic N) is 1. The van der Waals surface area contributed by atoms with Gasteiger partial charge >= 0.3 is 0 Å². The molecule has 0 heterocycles. The zero-order valence-corrected chi connectivity index (χ0v) is 10.8. The maximum Gasteiger partial charge on any atom is 0.126 e. The van der Waals surface area contributed by atoms with Crippen LogP contribution in [0, 0.1) is 11.6 Å². The van der Waals surface area contributed by atoms with Gasteiger partial charge in [-0.05, 0) is 31.7 Å². The Labute approximate surface area is 107 Å². The minimum atomic E-state index is -0.582. The Morgan fingerprint density at radius 3 is 2.39 bits per heavy atom. The van der Waals surface area contributed by atoms with Gasteiger partial charge in [-0.2, -0.15) is 0 Å². The third-order valence-corrected chi connectivity index (χ3v) is 2.82. The molecule has 5 heteroatoms. The summed E-state index contributed by atoms with van der Waals surface area (Å²) >= 11 is 0. The quantitative estimate of drug-likeness (QED) is 0.760. The first-order valence-electron chi connectivity index (χ1n) is 6.02. The zero-order chi connectivity index (χ0) is 13.5. The molecule has 0 radical (unpaired) electrons. The molecule has 0 aliphatic rings. The highest BCUT2D eigenvalue weighted by molar-refractivity contribution is 5.21. The zero-order valence-electron chi connectivity index (χ0n) is 10.8. The summed E-state index contributed by atoms with van der Waals surface area (Å²) in [5, 5.41) is 0. The largest absolute Gasteiger partial charge is 0.380 e. The van der Waals surface area contributed by atoms with Crippen LogP contribution in [0.3, 0.4) is 0 Å². The smallest absolute Gasteiger partial charge is 0.126 e. The van der Waals surface area contributed by atoms with E-state index in [2.05, 4.69) is 0 Å². The standard InChI is InChI=1S/C13H20F2N2O/c1-3-18-5-4-17(2)13(9-16)10-6-11(14)8-12(15)7-10/h6-8,13H,3-5,9,16H2,1-2H3. The van der Waals surface area contributed by atoms with E-state index in [4.69, 9.17) is 10.5 Å². The van der Waals surface area contributed by atoms with Gasteiger partial charge in [0, 0.05) is 31.8 Å². The molecule has 1 atom stereocenters. The van der Waals surface area contributed by atoms with Crippen molar-refractivity contribution in [2.75, 3.05) is 33.4 Å². The number of rotatable bonds is 7. The molecule has 0 aromatic heterocycles. The van der Waals surface area contributed by atoms with Gasteiger partial charge in [-0.15, -0.1) is 0 Å². The summed E-state index contributed by atoms with van der Waals surface area (Å²) in [6.45, 7) is 4.10.